The molecule has 0 aliphatic heterocycles. The molecule has 1 N–H and O–H groups in total. The average molecular weight is 179 g/mol. The van der Waals surface area contributed by atoms with E-state index in [0.717, 1.165) is 12.1 Å². The number of aromatic nitrogens is 2. The Hall–Kier alpha value is -1.12. The van der Waals surface area contributed by atoms with Gasteiger partial charge in [0, 0.05) is 18.9 Å². The Morgan fingerprint density at radius 2 is 1.77 bits per heavy atom. The van der Waals surface area contributed by atoms with Crippen molar-refractivity contribution in [3.63, 3.8) is 0 Å². The molecule has 0 spiro atoms. The molecule has 0 aliphatic carbocycles. The van der Waals surface area contributed by atoms with Gasteiger partial charge in [-0.2, -0.15) is 0 Å². The normalized spacial score (nSPS) is 11.4. The van der Waals surface area contributed by atoms with Gasteiger partial charge in [-0.15, -0.1) is 0 Å². The highest BCUT2D eigenvalue weighted by Crippen LogP contribution is 2.12. The predicted octanol–water partition coefficient (Wildman–Crippen LogP) is 2.24. The van der Waals surface area contributed by atoms with Crippen molar-refractivity contribution in [2.45, 2.75) is 27.7 Å². The highest BCUT2D eigenvalue weighted by atomic mass is 15.1. The maximum absolute atomic E-state index is 4.16. The first-order valence-corrected chi connectivity index (χ1v) is 4.50. The minimum atomic E-state index is 0.258. The topological polar surface area (TPSA) is 37.8 Å². The Morgan fingerprint density at radius 1 is 1.23 bits per heavy atom. The van der Waals surface area contributed by atoms with E-state index < -0.39 is 0 Å². The molecule has 1 heterocycles. The smallest absolute Gasteiger partial charge is 0.222 e. The molecular weight excluding hydrogens is 162 g/mol. The molecule has 0 unspecified atom stereocenters. The van der Waals surface area contributed by atoms with E-state index in [2.05, 4.69) is 36.1 Å². The summed E-state index contributed by atoms with van der Waals surface area (Å²) < 4.78 is 0. The molecule has 0 radical (unpaired) electrons. The molecule has 1 aromatic heterocycles. The molecule has 0 saturated carbocycles. The van der Waals surface area contributed by atoms with Crippen LogP contribution in [0.1, 0.15) is 26.3 Å². The second kappa shape index (κ2) is 3.73. The maximum Gasteiger partial charge on any atom is 0.222 e. The third kappa shape index (κ3) is 3.87. The van der Waals surface area contributed by atoms with Gasteiger partial charge in [-0.25, -0.2) is 9.97 Å². The standard InChI is InChI=1S/C10H17N3/c1-8-5-11-9(12-6-8)13-7-10(2,3)4/h5-6H,7H2,1-4H3,(H,11,12,13). The summed E-state index contributed by atoms with van der Waals surface area (Å²) in [5, 5.41) is 3.19. The zero-order chi connectivity index (χ0) is 9.90. The van der Waals surface area contributed by atoms with Gasteiger partial charge in [-0.3, -0.25) is 0 Å². The van der Waals surface area contributed by atoms with E-state index in [1.807, 2.05) is 19.3 Å². The first-order chi connectivity index (χ1) is 5.97. The van der Waals surface area contributed by atoms with Crippen LogP contribution in [-0.4, -0.2) is 16.5 Å². The van der Waals surface area contributed by atoms with Crippen LogP contribution in [0.3, 0.4) is 0 Å². The van der Waals surface area contributed by atoms with Crippen LogP contribution in [-0.2, 0) is 0 Å². The van der Waals surface area contributed by atoms with Crippen molar-refractivity contribution in [1.29, 1.82) is 0 Å². The minimum absolute atomic E-state index is 0.258. The number of anilines is 1. The zero-order valence-corrected chi connectivity index (χ0v) is 8.76. The molecule has 1 rings (SSSR count). The van der Waals surface area contributed by atoms with Crippen LogP contribution in [0.25, 0.3) is 0 Å². The van der Waals surface area contributed by atoms with Crippen molar-refractivity contribution in [2.24, 2.45) is 5.41 Å². The van der Waals surface area contributed by atoms with E-state index in [0.29, 0.717) is 5.95 Å². The number of hydrogen-bond acceptors (Lipinski definition) is 3. The summed E-state index contributed by atoms with van der Waals surface area (Å²) in [6.07, 6.45) is 3.63. The number of nitrogens with one attached hydrogen (secondary N) is 1. The number of hydrogen-bond donors (Lipinski definition) is 1. The van der Waals surface area contributed by atoms with Crippen LogP contribution in [0.5, 0.6) is 0 Å². The van der Waals surface area contributed by atoms with Gasteiger partial charge >= 0.3 is 0 Å². The maximum atomic E-state index is 4.16. The average Bonchev–Trinajstić information content (AvgIpc) is 2.02. The van der Waals surface area contributed by atoms with Gasteiger partial charge in [0.05, 0.1) is 0 Å². The van der Waals surface area contributed by atoms with Gasteiger partial charge in [0.2, 0.25) is 5.95 Å². The molecule has 0 saturated heterocycles. The van der Waals surface area contributed by atoms with Gasteiger partial charge in [-0.1, -0.05) is 20.8 Å². The van der Waals surface area contributed by atoms with Crippen molar-refractivity contribution in [2.75, 3.05) is 11.9 Å². The Balaban J connectivity index is 2.51. The molecule has 0 amide bonds. The minimum Gasteiger partial charge on any atom is -0.354 e. The van der Waals surface area contributed by atoms with Gasteiger partial charge in [0.1, 0.15) is 0 Å². The molecule has 0 bridgehead atoms. The Labute approximate surface area is 79.6 Å². The highest BCUT2D eigenvalue weighted by molar-refractivity contribution is 5.24. The summed E-state index contributed by atoms with van der Waals surface area (Å²) in [5.41, 5.74) is 1.34. The molecule has 0 aliphatic rings. The van der Waals surface area contributed by atoms with Crippen molar-refractivity contribution in [3.05, 3.63) is 18.0 Å². The summed E-state index contributed by atoms with van der Waals surface area (Å²) in [6.45, 7) is 9.39. The van der Waals surface area contributed by atoms with Crippen molar-refractivity contribution in [1.82, 2.24) is 9.97 Å². The monoisotopic (exact) mass is 179 g/mol. The Bertz CT molecular complexity index is 258. The molecule has 3 heteroatoms. The predicted molar refractivity (Wildman–Crippen MR) is 54.7 cm³/mol. The summed E-state index contributed by atoms with van der Waals surface area (Å²) in [5.74, 6) is 0.709. The molecular formula is C10H17N3. The molecule has 0 aromatic carbocycles. The Kier molecular flexibility index (Phi) is 2.86. The fourth-order valence-corrected chi connectivity index (χ4v) is 0.828. The molecule has 0 fully saturated rings. The second-order valence-electron chi connectivity index (χ2n) is 4.50. The van der Waals surface area contributed by atoms with E-state index in [1.54, 1.807) is 0 Å². The van der Waals surface area contributed by atoms with E-state index >= 15 is 0 Å². The third-order valence-corrected chi connectivity index (χ3v) is 1.56. The van der Waals surface area contributed by atoms with E-state index in [-0.39, 0.29) is 5.41 Å². The van der Waals surface area contributed by atoms with Crippen LogP contribution in [0.2, 0.25) is 0 Å². The van der Waals surface area contributed by atoms with Crippen LogP contribution in [0.15, 0.2) is 12.4 Å². The highest BCUT2D eigenvalue weighted by Gasteiger charge is 2.09. The lowest BCUT2D eigenvalue weighted by molar-refractivity contribution is 0.442. The largest absolute Gasteiger partial charge is 0.354 e. The number of rotatable bonds is 2. The zero-order valence-electron chi connectivity index (χ0n) is 8.76. The lowest BCUT2D eigenvalue weighted by atomic mass is 9.97. The number of aryl methyl sites for hydroxylation is 1. The Morgan fingerprint density at radius 3 is 2.23 bits per heavy atom. The van der Waals surface area contributed by atoms with Gasteiger partial charge in [0.25, 0.3) is 0 Å². The SMILES string of the molecule is Cc1cnc(NCC(C)(C)C)nc1. The van der Waals surface area contributed by atoms with Crippen LogP contribution in [0.4, 0.5) is 5.95 Å². The first kappa shape index (κ1) is 9.96. The lowest BCUT2D eigenvalue weighted by Crippen LogP contribution is -2.20. The van der Waals surface area contributed by atoms with Gasteiger partial charge < -0.3 is 5.32 Å². The van der Waals surface area contributed by atoms with E-state index in [4.69, 9.17) is 0 Å². The van der Waals surface area contributed by atoms with Crippen LogP contribution >= 0.6 is 0 Å². The van der Waals surface area contributed by atoms with Gasteiger partial charge in [0.15, 0.2) is 0 Å². The van der Waals surface area contributed by atoms with Gasteiger partial charge in [-0.05, 0) is 17.9 Å². The third-order valence-electron chi connectivity index (χ3n) is 1.56. The van der Waals surface area contributed by atoms with Crippen LogP contribution in [0, 0.1) is 12.3 Å². The summed E-state index contributed by atoms with van der Waals surface area (Å²) in [4.78, 5) is 8.32. The first-order valence-electron chi connectivity index (χ1n) is 4.50. The molecule has 1 aromatic rings. The molecule has 13 heavy (non-hydrogen) atoms. The van der Waals surface area contributed by atoms with Crippen molar-refractivity contribution < 1.29 is 0 Å². The van der Waals surface area contributed by atoms with Crippen LogP contribution < -0.4 is 5.32 Å². The molecule has 0 atom stereocenters. The second-order valence-corrected chi connectivity index (χ2v) is 4.50. The fourth-order valence-electron chi connectivity index (χ4n) is 0.828. The summed E-state index contributed by atoms with van der Waals surface area (Å²) in [7, 11) is 0. The van der Waals surface area contributed by atoms with Crippen molar-refractivity contribution in [3.8, 4) is 0 Å². The van der Waals surface area contributed by atoms with E-state index in [1.165, 1.54) is 0 Å². The summed E-state index contributed by atoms with van der Waals surface area (Å²) in [6, 6.07) is 0. The van der Waals surface area contributed by atoms with Crippen molar-refractivity contribution >= 4 is 5.95 Å². The summed E-state index contributed by atoms with van der Waals surface area (Å²) >= 11 is 0. The quantitative estimate of drug-likeness (QED) is 0.756. The lowest BCUT2D eigenvalue weighted by Gasteiger charge is -2.18. The van der Waals surface area contributed by atoms with E-state index in [9.17, 15) is 0 Å². The fraction of sp³-hybridized carbons (Fsp3) is 0.600. The molecule has 72 valence electrons. The molecule has 3 nitrogen and oxygen atoms in total. The number of nitrogens with zero attached hydrogens (tertiary/aromatic N) is 2.